The maximum Gasteiger partial charge on any atom is 0.0802 e. The van der Waals surface area contributed by atoms with E-state index in [2.05, 4.69) is 11.4 Å². The van der Waals surface area contributed by atoms with Gasteiger partial charge in [-0.1, -0.05) is 31.4 Å². The molecule has 0 radical (unpaired) electrons. The van der Waals surface area contributed by atoms with Gasteiger partial charge in [0.05, 0.1) is 6.10 Å². The molecular formula is C16H26N2O. The lowest BCUT2D eigenvalue weighted by Gasteiger charge is -2.22. The third kappa shape index (κ3) is 4.51. The first-order valence-electron chi connectivity index (χ1n) is 7.51. The topological polar surface area (TPSA) is 58.3 Å². The second kappa shape index (κ2) is 7.51. The molecule has 3 heteroatoms. The molecule has 0 heterocycles. The maximum absolute atomic E-state index is 9.95. The van der Waals surface area contributed by atoms with Crippen LogP contribution in [-0.4, -0.2) is 18.2 Å². The molecule has 1 aliphatic rings. The number of nitrogens with two attached hydrogens (primary N) is 1. The molecule has 3 nitrogen and oxygen atoms in total. The quantitative estimate of drug-likeness (QED) is 0.738. The van der Waals surface area contributed by atoms with Gasteiger partial charge in [0.2, 0.25) is 0 Å². The van der Waals surface area contributed by atoms with Crippen LogP contribution in [0.2, 0.25) is 0 Å². The minimum Gasteiger partial charge on any atom is -0.388 e. The summed E-state index contributed by atoms with van der Waals surface area (Å²) in [7, 11) is 0. The molecule has 0 amide bonds. The fourth-order valence-corrected chi connectivity index (χ4v) is 2.83. The average Bonchev–Trinajstić information content (AvgIpc) is 2.47. The zero-order valence-corrected chi connectivity index (χ0v) is 11.6. The first-order chi connectivity index (χ1) is 9.29. The van der Waals surface area contributed by atoms with E-state index in [9.17, 15) is 5.11 Å². The van der Waals surface area contributed by atoms with Crippen molar-refractivity contribution >= 4 is 5.69 Å². The Balaban J connectivity index is 1.87. The van der Waals surface area contributed by atoms with Crippen LogP contribution < -0.4 is 11.1 Å². The van der Waals surface area contributed by atoms with E-state index in [0.29, 0.717) is 13.0 Å². The molecule has 1 aromatic rings. The van der Waals surface area contributed by atoms with Gasteiger partial charge < -0.3 is 16.2 Å². The van der Waals surface area contributed by atoms with Crippen LogP contribution in [0.25, 0.3) is 0 Å². The third-order valence-corrected chi connectivity index (χ3v) is 4.03. The molecule has 1 aliphatic carbocycles. The monoisotopic (exact) mass is 262 g/mol. The van der Waals surface area contributed by atoms with Gasteiger partial charge in [0.15, 0.2) is 0 Å². The summed E-state index contributed by atoms with van der Waals surface area (Å²) in [5.74, 6) is 0.811. The molecule has 1 aromatic carbocycles. The number of benzene rings is 1. The van der Waals surface area contributed by atoms with Crippen molar-refractivity contribution in [2.45, 2.75) is 44.6 Å². The molecule has 1 saturated carbocycles. The Hall–Kier alpha value is -1.06. The first kappa shape index (κ1) is 14.4. The molecule has 106 valence electrons. The average molecular weight is 262 g/mol. The molecule has 19 heavy (non-hydrogen) atoms. The number of anilines is 1. The lowest BCUT2D eigenvalue weighted by molar-refractivity contribution is 0.170. The van der Waals surface area contributed by atoms with E-state index in [1.807, 2.05) is 18.2 Å². The minimum atomic E-state index is -0.443. The molecule has 0 aliphatic heterocycles. The summed E-state index contributed by atoms with van der Waals surface area (Å²) in [5.41, 5.74) is 7.55. The largest absolute Gasteiger partial charge is 0.388 e. The van der Waals surface area contributed by atoms with Gasteiger partial charge in [0.25, 0.3) is 0 Å². The van der Waals surface area contributed by atoms with Crippen LogP contribution in [0, 0.1) is 5.92 Å². The van der Waals surface area contributed by atoms with Crippen molar-refractivity contribution in [2.75, 3.05) is 18.4 Å². The molecule has 0 unspecified atom stereocenters. The van der Waals surface area contributed by atoms with Crippen LogP contribution in [0.15, 0.2) is 24.3 Å². The molecule has 1 atom stereocenters. The van der Waals surface area contributed by atoms with E-state index in [1.54, 1.807) is 0 Å². The SMILES string of the molecule is NCC[C@@H](O)c1cccc(NCC2CCCCC2)c1. The molecule has 0 bridgehead atoms. The summed E-state index contributed by atoms with van der Waals surface area (Å²) in [6.07, 6.45) is 7.03. The highest BCUT2D eigenvalue weighted by molar-refractivity contribution is 5.46. The smallest absolute Gasteiger partial charge is 0.0802 e. The molecule has 0 spiro atoms. The molecular weight excluding hydrogens is 236 g/mol. The van der Waals surface area contributed by atoms with E-state index in [0.717, 1.165) is 23.7 Å². The highest BCUT2D eigenvalue weighted by Gasteiger charge is 2.13. The highest BCUT2D eigenvalue weighted by atomic mass is 16.3. The number of hydrogen-bond acceptors (Lipinski definition) is 3. The van der Waals surface area contributed by atoms with Gasteiger partial charge in [-0.3, -0.25) is 0 Å². The van der Waals surface area contributed by atoms with Crippen molar-refractivity contribution in [1.82, 2.24) is 0 Å². The maximum atomic E-state index is 9.95. The van der Waals surface area contributed by atoms with Crippen molar-refractivity contribution in [2.24, 2.45) is 11.7 Å². The zero-order chi connectivity index (χ0) is 13.5. The Morgan fingerprint density at radius 1 is 1.26 bits per heavy atom. The van der Waals surface area contributed by atoms with Gasteiger partial charge >= 0.3 is 0 Å². The summed E-state index contributed by atoms with van der Waals surface area (Å²) >= 11 is 0. The second-order valence-electron chi connectivity index (χ2n) is 5.60. The van der Waals surface area contributed by atoms with Gasteiger partial charge in [0, 0.05) is 12.2 Å². The third-order valence-electron chi connectivity index (χ3n) is 4.03. The molecule has 0 aromatic heterocycles. The van der Waals surface area contributed by atoms with Crippen LogP contribution in [0.1, 0.15) is 50.2 Å². The number of aliphatic hydroxyl groups excluding tert-OH is 1. The lowest BCUT2D eigenvalue weighted by Crippen LogP contribution is -2.17. The van der Waals surface area contributed by atoms with E-state index >= 15 is 0 Å². The number of aliphatic hydroxyl groups is 1. The fraction of sp³-hybridized carbons (Fsp3) is 0.625. The Kier molecular flexibility index (Phi) is 5.67. The molecule has 2 rings (SSSR count). The van der Waals surface area contributed by atoms with E-state index in [-0.39, 0.29) is 0 Å². The lowest BCUT2D eigenvalue weighted by atomic mass is 9.89. The summed E-state index contributed by atoms with van der Waals surface area (Å²) in [6.45, 7) is 1.57. The summed E-state index contributed by atoms with van der Waals surface area (Å²) in [5, 5.41) is 13.5. The predicted octanol–water partition coefficient (Wildman–Crippen LogP) is 3.06. The first-order valence-corrected chi connectivity index (χ1v) is 7.51. The van der Waals surface area contributed by atoms with Crippen molar-refractivity contribution in [1.29, 1.82) is 0 Å². The number of hydrogen-bond donors (Lipinski definition) is 3. The Bertz CT molecular complexity index is 375. The van der Waals surface area contributed by atoms with E-state index < -0.39 is 6.10 Å². The second-order valence-corrected chi connectivity index (χ2v) is 5.60. The predicted molar refractivity (Wildman–Crippen MR) is 80.1 cm³/mol. The summed E-state index contributed by atoms with van der Waals surface area (Å²) in [4.78, 5) is 0. The van der Waals surface area contributed by atoms with Crippen molar-refractivity contribution < 1.29 is 5.11 Å². The zero-order valence-electron chi connectivity index (χ0n) is 11.6. The van der Waals surface area contributed by atoms with Crippen molar-refractivity contribution in [3.8, 4) is 0 Å². The number of nitrogens with one attached hydrogen (secondary N) is 1. The molecule has 1 fully saturated rings. The van der Waals surface area contributed by atoms with Gasteiger partial charge in [-0.15, -0.1) is 0 Å². The standard InChI is InChI=1S/C16H26N2O/c17-10-9-16(19)14-7-4-8-15(11-14)18-12-13-5-2-1-3-6-13/h4,7-8,11,13,16,18-19H,1-3,5-6,9-10,12,17H2/t16-/m1/s1. The Morgan fingerprint density at radius 3 is 2.79 bits per heavy atom. The number of rotatable bonds is 6. The van der Waals surface area contributed by atoms with Gasteiger partial charge in [-0.05, 0) is 49.4 Å². The van der Waals surface area contributed by atoms with Crippen LogP contribution in [0.3, 0.4) is 0 Å². The van der Waals surface area contributed by atoms with Crippen LogP contribution in [0.4, 0.5) is 5.69 Å². The Labute approximate surface area is 116 Å². The van der Waals surface area contributed by atoms with E-state index in [4.69, 9.17) is 5.73 Å². The van der Waals surface area contributed by atoms with Crippen LogP contribution in [0.5, 0.6) is 0 Å². The van der Waals surface area contributed by atoms with Gasteiger partial charge in [-0.2, -0.15) is 0 Å². The Morgan fingerprint density at radius 2 is 2.05 bits per heavy atom. The molecule has 0 saturated heterocycles. The van der Waals surface area contributed by atoms with Crippen molar-refractivity contribution in [3.63, 3.8) is 0 Å². The van der Waals surface area contributed by atoms with Crippen molar-refractivity contribution in [3.05, 3.63) is 29.8 Å². The summed E-state index contributed by atoms with van der Waals surface area (Å²) in [6, 6.07) is 8.08. The van der Waals surface area contributed by atoms with Gasteiger partial charge in [0.1, 0.15) is 0 Å². The van der Waals surface area contributed by atoms with Gasteiger partial charge in [-0.25, -0.2) is 0 Å². The van der Waals surface area contributed by atoms with Crippen LogP contribution >= 0.6 is 0 Å². The highest BCUT2D eigenvalue weighted by Crippen LogP contribution is 2.25. The van der Waals surface area contributed by atoms with E-state index in [1.165, 1.54) is 32.1 Å². The molecule has 4 N–H and O–H groups in total. The normalized spacial score (nSPS) is 18.2. The minimum absolute atomic E-state index is 0.443. The summed E-state index contributed by atoms with van der Waals surface area (Å²) < 4.78 is 0. The fourth-order valence-electron chi connectivity index (χ4n) is 2.83. The van der Waals surface area contributed by atoms with Crippen LogP contribution in [-0.2, 0) is 0 Å².